The van der Waals surface area contributed by atoms with Crippen molar-refractivity contribution in [2.45, 2.75) is 38.6 Å². The Balaban J connectivity index is 1.94. The molecule has 2 aromatic rings. The topological polar surface area (TPSA) is 29.9 Å². The van der Waals surface area contributed by atoms with Crippen molar-refractivity contribution in [2.75, 3.05) is 6.54 Å². The molecule has 1 heterocycles. The average molecular weight is 291 g/mol. The number of nitrogens with zero attached hydrogens (tertiary/aromatic N) is 2. The molecule has 0 spiro atoms. The van der Waals surface area contributed by atoms with Crippen LogP contribution in [0.25, 0.3) is 5.69 Å². The first-order chi connectivity index (χ1) is 10.2. The molecular formula is C16H19F2N3. The number of aromatic nitrogens is 2. The molecule has 0 aliphatic heterocycles. The molecule has 0 atom stereocenters. The van der Waals surface area contributed by atoms with Gasteiger partial charge in [-0.1, -0.05) is 6.92 Å². The SMILES string of the molecule is CCCNCc1cnn(-c2ccc(F)cc2F)c1C1CC1. The summed E-state index contributed by atoms with van der Waals surface area (Å²) in [6, 6.07) is 3.63. The van der Waals surface area contributed by atoms with Gasteiger partial charge in [0.2, 0.25) is 0 Å². The second-order valence-corrected chi connectivity index (χ2v) is 5.51. The molecule has 0 saturated heterocycles. The summed E-state index contributed by atoms with van der Waals surface area (Å²) in [6.45, 7) is 3.80. The summed E-state index contributed by atoms with van der Waals surface area (Å²) >= 11 is 0. The van der Waals surface area contributed by atoms with Crippen LogP contribution in [0.3, 0.4) is 0 Å². The third kappa shape index (κ3) is 2.97. The number of halogens is 2. The second-order valence-electron chi connectivity index (χ2n) is 5.51. The van der Waals surface area contributed by atoms with Crippen LogP contribution in [0.4, 0.5) is 8.78 Å². The Morgan fingerprint density at radius 2 is 2.14 bits per heavy atom. The molecule has 0 radical (unpaired) electrons. The lowest BCUT2D eigenvalue weighted by atomic mass is 10.1. The number of benzene rings is 1. The molecule has 1 N–H and O–H groups in total. The van der Waals surface area contributed by atoms with Crippen LogP contribution in [0, 0.1) is 11.6 Å². The lowest BCUT2D eigenvalue weighted by Gasteiger charge is -2.10. The Hall–Kier alpha value is -1.75. The Labute approximate surface area is 123 Å². The van der Waals surface area contributed by atoms with E-state index in [4.69, 9.17) is 0 Å². The zero-order valence-corrected chi connectivity index (χ0v) is 12.1. The first-order valence-corrected chi connectivity index (χ1v) is 7.43. The van der Waals surface area contributed by atoms with Gasteiger partial charge in [0.05, 0.1) is 11.9 Å². The highest BCUT2D eigenvalue weighted by molar-refractivity contribution is 5.39. The van der Waals surface area contributed by atoms with E-state index < -0.39 is 11.6 Å². The molecule has 1 saturated carbocycles. The van der Waals surface area contributed by atoms with Crippen LogP contribution in [0.2, 0.25) is 0 Å². The van der Waals surface area contributed by atoms with E-state index in [9.17, 15) is 8.78 Å². The van der Waals surface area contributed by atoms with Gasteiger partial charge in [-0.3, -0.25) is 0 Å². The number of hydrogen-bond donors (Lipinski definition) is 1. The van der Waals surface area contributed by atoms with Crippen LogP contribution >= 0.6 is 0 Å². The summed E-state index contributed by atoms with van der Waals surface area (Å²) in [6.07, 6.45) is 5.07. The smallest absolute Gasteiger partial charge is 0.151 e. The van der Waals surface area contributed by atoms with E-state index in [2.05, 4.69) is 17.3 Å². The predicted molar refractivity (Wildman–Crippen MR) is 77.5 cm³/mol. The summed E-state index contributed by atoms with van der Waals surface area (Å²) in [7, 11) is 0. The fourth-order valence-corrected chi connectivity index (χ4v) is 2.56. The standard InChI is InChI=1S/C16H19F2N3/c1-2-7-19-9-12-10-20-21(16(12)11-3-4-11)15-6-5-13(17)8-14(15)18/h5-6,8,10-11,19H,2-4,7,9H2,1H3. The van der Waals surface area contributed by atoms with Crippen LogP contribution in [0.1, 0.15) is 43.4 Å². The summed E-state index contributed by atoms with van der Waals surface area (Å²) in [5.74, 6) is -0.704. The maximum absolute atomic E-state index is 14.0. The summed E-state index contributed by atoms with van der Waals surface area (Å²) in [5, 5.41) is 7.69. The molecule has 1 aliphatic carbocycles. The van der Waals surface area contributed by atoms with E-state index in [1.807, 2.05) is 0 Å². The summed E-state index contributed by atoms with van der Waals surface area (Å²) in [4.78, 5) is 0. The molecule has 1 aromatic carbocycles. The quantitative estimate of drug-likeness (QED) is 0.825. The first kappa shape index (κ1) is 14.2. The minimum absolute atomic E-state index is 0.319. The molecule has 0 bridgehead atoms. The van der Waals surface area contributed by atoms with Crippen molar-refractivity contribution in [3.8, 4) is 5.69 Å². The first-order valence-electron chi connectivity index (χ1n) is 7.43. The van der Waals surface area contributed by atoms with Gasteiger partial charge in [0.15, 0.2) is 5.82 Å². The van der Waals surface area contributed by atoms with Crippen molar-refractivity contribution < 1.29 is 8.78 Å². The lowest BCUT2D eigenvalue weighted by molar-refractivity contribution is 0.571. The second kappa shape index (κ2) is 5.93. The van der Waals surface area contributed by atoms with E-state index in [0.717, 1.165) is 49.7 Å². The largest absolute Gasteiger partial charge is 0.313 e. The monoisotopic (exact) mass is 291 g/mol. The minimum Gasteiger partial charge on any atom is -0.313 e. The van der Waals surface area contributed by atoms with Crippen LogP contribution < -0.4 is 5.32 Å². The molecule has 1 fully saturated rings. The van der Waals surface area contributed by atoms with Gasteiger partial charge in [-0.15, -0.1) is 0 Å². The number of rotatable bonds is 6. The van der Waals surface area contributed by atoms with Crippen molar-refractivity contribution in [3.05, 3.63) is 47.3 Å². The Morgan fingerprint density at radius 1 is 1.33 bits per heavy atom. The molecule has 1 aliphatic rings. The minimum atomic E-state index is -0.576. The maximum Gasteiger partial charge on any atom is 0.151 e. The van der Waals surface area contributed by atoms with Crippen LogP contribution in [0.15, 0.2) is 24.4 Å². The molecule has 1 aromatic heterocycles. The molecule has 3 rings (SSSR count). The Kier molecular flexibility index (Phi) is 4.01. The van der Waals surface area contributed by atoms with Crippen molar-refractivity contribution >= 4 is 0 Å². The van der Waals surface area contributed by atoms with E-state index in [-0.39, 0.29) is 0 Å². The lowest BCUT2D eigenvalue weighted by Crippen LogP contribution is -2.15. The van der Waals surface area contributed by atoms with Gasteiger partial charge >= 0.3 is 0 Å². The van der Waals surface area contributed by atoms with Gasteiger partial charge in [-0.25, -0.2) is 13.5 Å². The molecular weight excluding hydrogens is 272 g/mol. The summed E-state index contributed by atoms with van der Waals surface area (Å²) in [5.41, 5.74) is 2.49. The van der Waals surface area contributed by atoms with Crippen molar-refractivity contribution in [1.82, 2.24) is 15.1 Å². The van der Waals surface area contributed by atoms with Crippen LogP contribution in [-0.4, -0.2) is 16.3 Å². The normalized spacial score (nSPS) is 14.6. The molecule has 0 unspecified atom stereocenters. The van der Waals surface area contributed by atoms with Crippen LogP contribution in [0.5, 0.6) is 0 Å². The van der Waals surface area contributed by atoms with Gasteiger partial charge in [-0.2, -0.15) is 5.10 Å². The van der Waals surface area contributed by atoms with Gasteiger partial charge < -0.3 is 5.32 Å². The van der Waals surface area contributed by atoms with E-state index in [1.54, 1.807) is 10.9 Å². The van der Waals surface area contributed by atoms with Gasteiger partial charge in [0.25, 0.3) is 0 Å². The van der Waals surface area contributed by atoms with Gasteiger partial charge in [0.1, 0.15) is 11.5 Å². The van der Waals surface area contributed by atoms with Gasteiger partial charge in [-0.05, 0) is 37.9 Å². The van der Waals surface area contributed by atoms with E-state index in [0.29, 0.717) is 11.6 Å². The Bertz CT molecular complexity index is 632. The molecule has 5 heteroatoms. The predicted octanol–water partition coefficient (Wildman–Crippen LogP) is 3.53. The van der Waals surface area contributed by atoms with E-state index >= 15 is 0 Å². The van der Waals surface area contributed by atoms with Crippen molar-refractivity contribution in [1.29, 1.82) is 0 Å². The van der Waals surface area contributed by atoms with Crippen molar-refractivity contribution in [3.63, 3.8) is 0 Å². The molecule has 21 heavy (non-hydrogen) atoms. The highest BCUT2D eigenvalue weighted by Gasteiger charge is 2.31. The highest BCUT2D eigenvalue weighted by Crippen LogP contribution is 2.42. The molecule has 0 amide bonds. The fourth-order valence-electron chi connectivity index (χ4n) is 2.56. The molecule has 3 nitrogen and oxygen atoms in total. The van der Waals surface area contributed by atoms with Crippen LogP contribution in [-0.2, 0) is 6.54 Å². The highest BCUT2D eigenvalue weighted by atomic mass is 19.1. The Morgan fingerprint density at radius 3 is 2.81 bits per heavy atom. The third-order valence-corrected chi connectivity index (χ3v) is 3.73. The molecule has 112 valence electrons. The van der Waals surface area contributed by atoms with Gasteiger partial charge in [0, 0.05) is 24.1 Å². The average Bonchev–Trinajstić information content (AvgIpc) is 3.21. The number of nitrogens with one attached hydrogen (secondary N) is 1. The fraction of sp³-hybridized carbons (Fsp3) is 0.438. The van der Waals surface area contributed by atoms with E-state index in [1.165, 1.54) is 12.1 Å². The zero-order chi connectivity index (χ0) is 14.8. The zero-order valence-electron chi connectivity index (χ0n) is 12.1. The maximum atomic E-state index is 14.0. The van der Waals surface area contributed by atoms with Crippen molar-refractivity contribution in [2.24, 2.45) is 0 Å². The third-order valence-electron chi connectivity index (χ3n) is 3.73. The number of hydrogen-bond acceptors (Lipinski definition) is 2. The summed E-state index contributed by atoms with van der Waals surface area (Å²) < 4.78 is 28.7.